The fourth-order valence-corrected chi connectivity index (χ4v) is 5.26. The predicted octanol–water partition coefficient (Wildman–Crippen LogP) is 3.92. The third-order valence-corrected chi connectivity index (χ3v) is 6.90. The number of carbonyl (C=O) groups is 1. The first-order chi connectivity index (χ1) is 12.7. The van der Waals surface area contributed by atoms with Crippen molar-refractivity contribution in [1.29, 1.82) is 0 Å². The van der Waals surface area contributed by atoms with E-state index >= 15 is 0 Å². The summed E-state index contributed by atoms with van der Waals surface area (Å²) in [7, 11) is 1.74. The van der Waals surface area contributed by atoms with Crippen molar-refractivity contribution in [3.63, 3.8) is 0 Å². The van der Waals surface area contributed by atoms with Gasteiger partial charge in [-0.25, -0.2) is 0 Å². The second-order valence-corrected chi connectivity index (χ2v) is 8.37. The van der Waals surface area contributed by atoms with Crippen molar-refractivity contribution in [2.45, 2.75) is 57.4 Å². The van der Waals surface area contributed by atoms with E-state index in [0.717, 1.165) is 31.7 Å². The highest BCUT2D eigenvalue weighted by atomic mass is 16.5. The Labute approximate surface area is 157 Å². The van der Waals surface area contributed by atoms with Crippen molar-refractivity contribution >= 4 is 5.91 Å². The second-order valence-electron chi connectivity index (χ2n) is 8.37. The molecule has 3 atom stereocenters. The van der Waals surface area contributed by atoms with Crippen LogP contribution in [0.1, 0.15) is 63.0 Å². The van der Waals surface area contributed by atoms with E-state index in [1.165, 1.54) is 44.1 Å². The Morgan fingerprint density at radius 2 is 2.04 bits per heavy atom. The van der Waals surface area contributed by atoms with Gasteiger partial charge in [0.2, 0.25) is 5.91 Å². The SMILES string of the molecule is COc1ccccc1C(CNC(=O)C12CCCCC1C2)N1CCCCC1. The second kappa shape index (κ2) is 7.59. The van der Waals surface area contributed by atoms with Crippen molar-refractivity contribution in [3.8, 4) is 5.75 Å². The van der Waals surface area contributed by atoms with Crippen LogP contribution in [0.15, 0.2) is 24.3 Å². The number of nitrogens with zero attached hydrogens (tertiary/aromatic N) is 1. The van der Waals surface area contributed by atoms with Crippen LogP contribution in [0.25, 0.3) is 0 Å². The number of nitrogens with one attached hydrogen (secondary N) is 1. The smallest absolute Gasteiger partial charge is 0.226 e. The van der Waals surface area contributed by atoms with Crippen LogP contribution in [0.2, 0.25) is 0 Å². The number of hydrogen-bond acceptors (Lipinski definition) is 3. The summed E-state index contributed by atoms with van der Waals surface area (Å²) in [6.45, 7) is 2.90. The summed E-state index contributed by atoms with van der Waals surface area (Å²) in [5.74, 6) is 1.88. The zero-order valence-corrected chi connectivity index (χ0v) is 16.0. The molecule has 0 bridgehead atoms. The van der Waals surface area contributed by atoms with E-state index in [2.05, 4.69) is 22.3 Å². The Hall–Kier alpha value is -1.55. The summed E-state index contributed by atoms with van der Waals surface area (Å²) in [6.07, 6.45) is 9.76. The molecule has 0 aromatic heterocycles. The summed E-state index contributed by atoms with van der Waals surface area (Å²) < 4.78 is 5.63. The minimum Gasteiger partial charge on any atom is -0.496 e. The van der Waals surface area contributed by atoms with Gasteiger partial charge in [0.05, 0.1) is 18.6 Å². The Balaban J connectivity index is 1.49. The van der Waals surface area contributed by atoms with Crippen LogP contribution in [0.5, 0.6) is 5.75 Å². The van der Waals surface area contributed by atoms with Gasteiger partial charge in [0, 0.05) is 12.1 Å². The lowest BCUT2D eigenvalue weighted by Crippen LogP contribution is -2.43. The molecule has 1 aliphatic heterocycles. The maximum absolute atomic E-state index is 13.0. The number of piperidine rings is 1. The first-order valence-electron chi connectivity index (χ1n) is 10.4. The number of fused-ring (bicyclic) bond motifs is 1. The fraction of sp³-hybridized carbons (Fsp3) is 0.682. The lowest BCUT2D eigenvalue weighted by Gasteiger charge is -2.36. The molecule has 0 radical (unpaired) electrons. The molecule has 1 heterocycles. The predicted molar refractivity (Wildman–Crippen MR) is 103 cm³/mol. The number of carbonyl (C=O) groups excluding carboxylic acids is 1. The van der Waals surface area contributed by atoms with E-state index in [4.69, 9.17) is 4.74 Å². The summed E-state index contributed by atoms with van der Waals surface area (Å²) in [5, 5.41) is 3.35. The molecule has 4 rings (SSSR count). The number of amides is 1. The van der Waals surface area contributed by atoms with Crippen molar-refractivity contribution < 1.29 is 9.53 Å². The Morgan fingerprint density at radius 3 is 2.81 bits per heavy atom. The summed E-state index contributed by atoms with van der Waals surface area (Å²) in [6, 6.07) is 8.48. The lowest BCUT2D eigenvalue weighted by molar-refractivity contribution is -0.128. The van der Waals surface area contributed by atoms with Gasteiger partial charge < -0.3 is 10.1 Å². The van der Waals surface area contributed by atoms with Crippen LogP contribution in [0, 0.1) is 11.3 Å². The highest BCUT2D eigenvalue weighted by Crippen LogP contribution is 2.61. The fourth-order valence-electron chi connectivity index (χ4n) is 5.26. The van der Waals surface area contributed by atoms with Gasteiger partial charge in [0.1, 0.15) is 5.75 Å². The minimum absolute atomic E-state index is 0.0223. The molecular weight excluding hydrogens is 324 g/mol. The monoisotopic (exact) mass is 356 g/mol. The van der Waals surface area contributed by atoms with Crippen molar-refractivity contribution in [3.05, 3.63) is 29.8 Å². The maximum atomic E-state index is 13.0. The molecule has 1 aromatic rings. The van der Waals surface area contributed by atoms with Gasteiger partial charge >= 0.3 is 0 Å². The zero-order valence-electron chi connectivity index (χ0n) is 16.0. The number of para-hydroxylation sites is 1. The van der Waals surface area contributed by atoms with Gasteiger partial charge in [0.15, 0.2) is 0 Å². The number of benzene rings is 1. The normalized spacial score (nSPS) is 29.5. The highest BCUT2D eigenvalue weighted by molar-refractivity contribution is 5.86. The average molecular weight is 357 g/mol. The van der Waals surface area contributed by atoms with Crippen molar-refractivity contribution in [2.24, 2.45) is 11.3 Å². The summed E-state index contributed by atoms with van der Waals surface area (Å²) >= 11 is 0. The van der Waals surface area contributed by atoms with Crippen molar-refractivity contribution in [2.75, 3.05) is 26.7 Å². The van der Waals surface area contributed by atoms with Crippen LogP contribution in [0.4, 0.5) is 0 Å². The molecule has 1 saturated heterocycles. The molecule has 0 spiro atoms. The Kier molecular flexibility index (Phi) is 5.21. The van der Waals surface area contributed by atoms with E-state index < -0.39 is 0 Å². The number of methoxy groups -OCH3 is 1. The number of rotatable bonds is 6. The number of ether oxygens (including phenoxy) is 1. The van der Waals surface area contributed by atoms with E-state index in [-0.39, 0.29) is 11.5 Å². The molecule has 142 valence electrons. The van der Waals surface area contributed by atoms with E-state index in [0.29, 0.717) is 18.4 Å². The Bertz CT molecular complexity index is 641. The first kappa shape index (κ1) is 17.8. The molecule has 4 nitrogen and oxygen atoms in total. The largest absolute Gasteiger partial charge is 0.496 e. The van der Waals surface area contributed by atoms with Crippen LogP contribution in [-0.4, -0.2) is 37.6 Å². The molecule has 3 fully saturated rings. The lowest BCUT2D eigenvalue weighted by atomic mass is 9.87. The van der Waals surface area contributed by atoms with Crippen LogP contribution in [-0.2, 0) is 4.79 Å². The van der Waals surface area contributed by atoms with Crippen LogP contribution >= 0.6 is 0 Å². The molecule has 4 heteroatoms. The Morgan fingerprint density at radius 1 is 1.23 bits per heavy atom. The van der Waals surface area contributed by atoms with Gasteiger partial charge in [-0.15, -0.1) is 0 Å². The molecule has 26 heavy (non-hydrogen) atoms. The minimum atomic E-state index is -0.0223. The molecule has 2 aliphatic carbocycles. The highest BCUT2D eigenvalue weighted by Gasteiger charge is 2.59. The van der Waals surface area contributed by atoms with Gasteiger partial charge in [-0.3, -0.25) is 9.69 Å². The van der Waals surface area contributed by atoms with Gasteiger partial charge in [-0.1, -0.05) is 37.5 Å². The van der Waals surface area contributed by atoms with Crippen LogP contribution < -0.4 is 10.1 Å². The number of likely N-dealkylation sites (tertiary alicyclic amines) is 1. The van der Waals surface area contributed by atoms with E-state index in [1.54, 1.807) is 7.11 Å². The van der Waals surface area contributed by atoms with Crippen molar-refractivity contribution in [1.82, 2.24) is 10.2 Å². The molecule has 2 saturated carbocycles. The standard InChI is InChI=1S/C22H32N2O2/c1-26-20-11-4-3-10-18(20)19(24-13-7-2-8-14-24)16-23-21(25)22-12-6-5-9-17(22)15-22/h3-4,10-11,17,19H,2,5-9,12-16H2,1H3,(H,23,25). The molecule has 3 aliphatic rings. The molecule has 1 aromatic carbocycles. The van der Waals surface area contributed by atoms with Gasteiger partial charge in [-0.05, 0) is 57.2 Å². The van der Waals surface area contributed by atoms with E-state index in [1.807, 2.05) is 12.1 Å². The maximum Gasteiger partial charge on any atom is 0.226 e. The molecule has 1 amide bonds. The van der Waals surface area contributed by atoms with E-state index in [9.17, 15) is 4.79 Å². The average Bonchev–Trinajstić information content (AvgIpc) is 3.45. The topological polar surface area (TPSA) is 41.6 Å². The van der Waals surface area contributed by atoms with Gasteiger partial charge in [0.25, 0.3) is 0 Å². The summed E-state index contributed by atoms with van der Waals surface area (Å²) in [4.78, 5) is 15.5. The first-order valence-corrected chi connectivity index (χ1v) is 10.4. The van der Waals surface area contributed by atoms with Gasteiger partial charge in [-0.2, -0.15) is 0 Å². The van der Waals surface area contributed by atoms with Crippen LogP contribution in [0.3, 0.4) is 0 Å². The molecule has 3 unspecified atom stereocenters. The molecule has 1 N–H and O–H groups in total. The number of hydrogen-bond donors (Lipinski definition) is 1. The quantitative estimate of drug-likeness (QED) is 0.840. The molecular formula is C22H32N2O2. The third kappa shape index (κ3) is 3.36. The third-order valence-electron chi connectivity index (χ3n) is 6.90. The zero-order chi connectivity index (χ0) is 18.0. The summed E-state index contributed by atoms with van der Waals surface area (Å²) in [5.41, 5.74) is 1.18.